The van der Waals surface area contributed by atoms with Gasteiger partial charge >= 0.3 is 0 Å². The van der Waals surface area contributed by atoms with Crippen molar-refractivity contribution in [2.24, 2.45) is 34.5 Å². The summed E-state index contributed by atoms with van der Waals surface area (Å²) >= 11 is 0. The molecule has 0 heterocycles. The highest BCUT2D eigenvalue weighted by atomic mass is 16.5. The lowest BCUT2D eigenvalue weighted by atomic mass is 9.46. The van der Waals surface area contributed by atoms with Crippen LogP contribution in [0.4, 0.5) is 0 Å². The monoisotopic (exact) mass is 302 g/mol. The third-order valence-corrected chi connectivity index (χ3v) is 8.24. The van der Waals surface area contributed by atoms with E-state index in [1.54, 1.807) is 0 Å². The van der Waals surface area contributed by atoms with Crippen molar-refractivity contribution in [1.29, 1.82) is 0 Å². The second kappa shape index (κ2) is 4.93. The molecule has 0 unspecified atom stereocenters. The van der Waals surface area contributed by atoms with E-state index in [-0.39, 0.29) is 5.41 Å². The van der Waals surface area contributed by atoms with E-state index in [9.17, 15) is 4.79 Å². The van der Waals surface area contributed by atoms with Crippen molar-refractivity contribution in [3.8, 4) is 0 Å². The summed E-state index contributed by atoms with van der Waals surface area (Å²) in [6.45, 7) is 4.94. The largest absolute Gasteiger partial charge is 0.381 e. The quantitative estimate of drug-likeness (QED) is 0.718. The van der Waals surface area contributed by atoms with E-state index in [2.05, 4.69) is 19.9 Å². The van der Waals surface area contributed by atoms with Crippen molar-refractivity contribution in [2.45, 2.75) is 64.9 Å². The third-order valence-electron chi connectivity index (χ3n) is 8.24. The molecule has 22 heavy (non-hydrogen) atoms. The average Bonchev–Trinajstić information content (AvgIpc) is 2.84. The van der Waals surface area contributed by atoms with Crippen LogP contribution >= 0.6 is 0 Å². The van der Waals surface area contributed by atoms with Gasteiger partial charge in [-0.2, -0.15) is 0 Å². The standard InChI is InChI=1S/C20H30O2/c1-19-10-8-14(21)12-13(19)4-5-15-16-6-7-18(22-3)20(16,2)11-9-17(15)19/h8,10,13,15-18H,4-7,9,11-12H2,1-3H3/t13-,15-,16-,17-,18-,19-,20-/m0/s1. The van der Waals surface area contributed by atoms with Gasteiger partial charge in [0, 0.05) is 13.5 Å². The molecule has 0 amide bonds. The second-order valence-corrected chi connectivity index (χ2v) is 8.87. The van der Waals surface area contributed by atoms with Crippen LogP contribution < -0.4 is 0 Å². The molecule has 0 radical (unpaired) electrons. The van der Waals surface area contributed by atoms with Gasteiger partial charge in [-0.25, -0.2) is 0 Å². The number of fused-ring (bicyclic) bond motifs is 5. The van der Waals surface area contributed by atoms with Gasteiger partial charge in [0.2, 0.25) is 0 Å². The van der Waals surface area contributed by atoms with E-state index in [0.29, 0.717) is 23.2 Å². The van der Waals surface area contributed by atoms with E-state index >= 15 is 0 Å². The highest BCUT2D eigenvalue weighted by Gasteiger charge is 2.59. The topological polar surface area (TPSA) is 26.3 Å². The number of rotatable bonds is 1. The molecule has 0 N–H and O–H groups in total. The molecule has 0 bridgehead atoms. The first-order valence-corrected chi connectivity index (χ1v) is 9.24. The summed E-state index contributed by atoms with van der Waals surface area (Å²) in [5, 5.41) is 0. The van der Waals surface area contributed by atoms with E-state index in [4.69, 9.17) is 4.74 Å². The summed E-state index contributed by atoms with van der Waals surface area (Å²) in [6.07, 6.45) is 13.2. The van der Waals surface area contributed by atoms with Crippen LogP contribution in [-0.2, 0) is 9.53 Å². The predicted molar refractivity (Wildman–Crippen MR) is 87.4 cm³/mol. The molecule has 0 aromatic rings. The highest BCUT2D eigenvalue weighted by molar-refractivity contribution is 5.91. The molecule has 4 aliphatic carbocycles. The third kappa shape index (κ3) is 1.85. The Hall–Kier alpha value is -0.630. The lowest BCUT2D eigenvalue weighted by Gasteiger charge is -2.58. The minimum Gasteiger partial charge on any atom is -0.381 e. The molecule has 0 aliphatic heterocycles. The van der Waals surface area contributed by atoms with E-state index in [1.807, 2.05) is 13.2 Å². The Bertz CT molecular complexity index is 510. The number of carbonyl (C=O) groups is 1. The maximum Gasteiger partial charge on any atom is 0.155 e. The van der Waals surface area contributed by atoms with Gasteiger partial charge in [-0.15, -0.1) is 0 Å². The smallest absolute Gasteiger partial charge is 0.155 e. The Morgan fingerprint density at radius 2 is 1.91 bits per heavy atom. The molecule has 7 atom stereocenters. The lowest BCUT2D eigenvalue weighted by molar-refractivity contribution is -0.124. The molecule has 122 valence electrons. The second-order valence-electron chi connectivity index (χ2n) is 8.87. The van der Waals surface area contributed by atoms with Gasteiger partial charge in [-0.1, -0.05) is 19.9 Å². The molecule has 4 aliphatic rings. The van der Waals surface area contributed by atoms with Crippen molar-refractivity contribution in [3.05, 3.63) is 12.2 Å². The first-order valence-electron chi connectivity index (χ1n) is 9.24. The highest BCUT2D eigenvalue weighted by Crippen LogP contribution is 2.65. The molecule has 2 nitrogen and oxygen atoms in total. The van der Waals surface area contributed by atoms with Crippen LogP contribution in [0.1, 0.15) is 58.8 Å². The zero-order valence-corrected chi connectivity index (χ0v) is 14.3. The summed E-state index contributed by atoms with van der Waals surface area (Å²) in [4.78, 5) is 11.8. The van der Waals surface area contributed by atoms with Crippen molar-refractivity contribution in [2.75, 3.05) is 7.11 Å². The van der Waals surface area contributed by atoms with Crippen LogP contribution in [0.25, 0.3) is 0 Å². The molecule has 2 heteroatoms. The van der Waals surface area contributed by atoms with E-state index < -0.39 is 0 Å². The van der Waals surface area contributed by atoms with Crippen LogP contribution in [0, 0.1) is 34.5 Å². The summed E-state index contributed by atoms with van der Waals surface area (Å²) in [5.74, 6) is 3.40. The van der Waals surface area contributed by atoms with Crippen LogP contribution in [0.5, 0.6) is 0 Å². The van der Waals surface area contributed by atoms with Gasteiger partial charge in [-0.3, -0.25) is 4.79 Å². The Kier molecular flexibility index (Phi) is 3.35. The molecule has 3 saturated carbocycles. The molecular weight excluding hydrogens is 272 g/mol. The van der Waals surface area contributed by atoms with E-state index in [1.165, 1.54) is 38.5 Å². The molecule has 3 fully saturated rings. The van der Waals surface area contributed by atoms with Gasteiger partial charge in [-0.05, 0) is 79.1 Å². The number of carbonyl (C=O) groups excluding carboxylic acids is 1. The van der Waals surface area contributed by atoms with Crippen LogP contribution in [0.15, 0.2) is 12.2 Å². The molecule has 4 rings (SSSR count). The van der Waals surface area contributed by atoms with Crippen LogP contribution in [0.2, 0.25) is 0 Å². The average molecular weight is 302 g/mol. The van der Waals surface area contributed by atoms with Gasteiger partial charge in [0.1, 0.15) is 0 Å². The summed E-state index contributed by atoms with van der Waals surface area (Å²) in [6, 6.07) is 0. The maximum absolute atomic E-state index is 11.8. The fourth-order valence-electron chi connectivity index (χ4n) is 6.97. The lowest BCUT2D eigenvalue weighted by Crippen LogP contribution is -2.53. The number of methoxy groups -OCH3 is 1. The Morgan fingerprint density at radius 1 is 1.09 bits per heavy atom. The van der Waals surface area contributed by atoms with Gasteiger partial charge in [0.05, 0.1) is 6.10 Å². The number of ether oxygens (including phenoxy) is 1. The predicted octanol–water partition coefficient (Wildman–Crippen LogP) is 4.39. The van der Waals surface area contributed by atoms with Crippen molar-refractivity contribution >= 4 is 5.78 Å². The Labute approximate surface area is 134 Å². The molecule has 0 aromatic carbocycles. The summed E-state index contributed by atoms with van der Waals surface area (Å²) in [7, 11) is 1.90. The van der Waals surface area contributed by atoms with Gasteiger partial charge in [0.25, 0.3) is 0 Å². The van der Waals surface area contributed by atoms with Crippen molar-refractivity contribution in [1.82, 2.24) is 0 Å². The van der Waals surface area contributed by atoms with Crippen LogP contribution in [-0.4, -0.2) is 19.0 Å². The molecule has 0 spiro atoms. The number of allylic oxidation sites excluding steroid dienone is 2. The minimum absolute atomic E-state index is 0.267. The zero-order chi connectivity index (χ0) is 15.5. The fraction of sp³-hybridized carbons (Fsp3) is 0.850. The first kappa shape index (κ1) is 14.9. The van der Waals surface area contributed by atoms with E-state index in [0.717, 1.165) is 24.2 Å². The minimum atomic E-state index is 0.267. The first-order chi connectivity index (χ1) is 10.5. The SMILES string of the molecule is CO[C@H]1CC[C@H]2[C@@H]3CC[C@H]4CC(=O)C=C[C@]4(C)[C@H]3CC[C@]12C. The van der Waals surface area contributed by atoms with Crippen molar-refractivity contribution in [3.63, 3.8) is 0 Å². The molecule has 0 saturated heterocycles. The normalized spacial score (nSPS) is 53.8. The number of hydrogen-bond donors (Lipinski definition) is 0. The summed E-state index contributed by atoms with van der Waals surface area (Å²) in [5.41, 5.74) is 0.663. The summed E-state index contributed by atoms with van der Waals surface area (Å²) < 4.78 is 5.85. The molecular formula is C20H30O2. The number of hydrogen-bond acceptors (Lipinski definition) is 2. The number of ketones is 1. The Balaban J connectivity index is 1.66. The fourth-order valence-corrected chi connectivity index (χ4v) is 6.97. The van der Waals surface area contributed by atoms with Gasteiger partial charge < -0.3 is 4.74 Å². The maximum atomic E-state index is 11.8. The van der Waals surface area contributed by atoms with Crippen molar-refractivity contribution < 1.29 is 9.53 Å². The molecule has 0 aromatic heterocycles. The van der Waals surface area contributed by atoms with Gasteiger partial charge in [0.15, 0.2) is 5.78 Å². The zero-order valence-electron chi connectivity index (χ0n) is 14.3. The Morgan fingerprint density at radius 3 is 2.68 bits per heavy atom. The van der Waals surface area contributed by atoms with Crippen LogP contribution in [0.3, 0.4) is 0 Å².